The Morgan fingerprint density at radius 2 is 1.54 bits per heavy atom. The number of carbonyl (C=O) groups excluding carboxylic acids is 1. The van der Waals surface area contributed by atoms with Crippen LogP contribution in [0.1, 0.15) is 0 Å². The highest BCUT2D eigenvalue weighted by atomic mass is 32.2. The Hall–Kier alpha value is -3.20. The second-order valence-corrected chi connectivity index (χ2v) is 7.31. The van der Waals surface area contributed by atoms with Crippen molar-refractivity contribution in [1.29, 1.82) is 0 Å². The van der Waals surface area contributed by atoms with Crippen LogP contribution in [0, 0.1) is 0 Å². The number of methoxy groups -OCH3 is 4. The minimum atomic E-state index is -4.12. The molecular formula is C19H21NO7S. The first-order chi connectivity index (χ1) is 13.4. The third kappa shape index (κ3) is 4.55. The lowest BCUT2D eigenvalue weighted by Gasteiger charge is -2.11. The van der Waals surface area contributed by atoms with Crippen molar-refractivity contribution in [2.45, 2.75) is 4.90 Å². The summed E-state index contributed by atoms with van der Waals surface area (Å²) in [6, 6.07) is 10.6. The SMILES string of the molecule is COC(=O)/C(=C/Nc1ccc(OC)c(OC)c1)S(=O)(=O)c1ccc(OC)cc1. The molecule has 0 heterocycles. The number of benzene rings is 2. The van der Waals surface area contributed by atoms with Crippen LogP contribution < -0.4 is 19.5 Å². The number of anilines is 1. The van der Waals surface area contributed by atoms with Gasteiger partial charge in [0.15, 0.2) is 16.4 Å². The first-order valence-electron chi connectivity index (χ1n) is 8.03. The molecule has 0 saturated carbocycles. The van der Waals surface area contributed by atoms with E-state index < -0.39 is 20.7 Å². The van der Waals surface area contributed by atoms with Gasteiger partial charge in [0.2, 0.25) is 9.84 Å². The maximum Gasteiger partial charge on any atom is 0.351 e. The summed E-state index contributed by atoms with van der Waals surface area (Å²) in [7, 11) is 1.43. The fraction of sp³-hybridized carbons (Fsp3) is 0.211. The third-order valence-corrected chi connectivity index (χ3v) is 5.56. The van der Waals surface area contributed by atoms with Gasteiger partial charge in [-0.15, -0.1) is 0 Å². The lowest BCUT2D eigenvalue weighted by molar-refractivity contribution is -0.135. The van der Waals surface area contributed by atoms with Crippen molar-refractivity contribution in [3.05, 3.63) is 53.6 Å². The molecule has 0 saturated heterocycles. The molecular weight excluding hydrogens is 386 g/mol. The molecule has 2 aromatic rings. The average molecular weight is 407 g/mol. The molecule has 28 heavy (non-hydrogen) atoms. The van der Waals surface area contributed by atoms with Crippen molar-refractivity contribution in [3.8, 4) is 17.2 Å². The van der Waals surface area contributed by atoms with Gasteiger partial charge in [0.25, 0.3) is 0 Å². The molecule has 0 unspecified atom stereocenters. The van der Waals surface area contributed by atoms with Gasteiger partial charge in [-0.25, -0.2) is 13.2 Å². The van der Waals surface area contributed by atoms with Gasteiger partial charge >= 0.3 is 5.97 Å². The summed E-state index contributed by atoms with van der Waals surface area (Å²) in [6.07, 6.45) is 1.08. The highest BCUT2D eigenvalue weighted by Crippen LogP contribution is 2.30. The van der Waals surface area contributed by atoms with Crippen molar-refractivity contribution >= 4 is 21.5 Å². The molecule has 0 bridgehead atoms. The first-order valence-corrected chi connectivity index (χ1v) is 9.52. The van der Waals surface area contributed by atoms with Gasteiger partial charge in [-0.05, 0) is 36.4 Å². The van der Waals surface area contributed by atoms with Gasteiger partial charge in [-0.3, -0.25) is 0 Å². The second-order valence-electron chi connectivity index (χ2n) is 5.39. The number of nitrogens with one attached hydrogen (secondary N) is 1. The van der Waals surface area contributed by atoms with E-state index in [4.69, 9.17) is 14.2 Å². The minimum absolute atomic E-state index is 0.0703. The standard InChI is InChI=1S/C19H21NO7S/c1-24-14-6-8-15(9-7-14)28(22,23)18(19(21)27-4)12-20-13-5-10-16(25-2)17(11-13)26-3/h5-12,20H,1-4H3/b18-12-. The molecule has 8 nitrogen and oxygen atoms in total. The van der Waals surface area contributed by atoms with E-state index in [1.807, 2.05) is 0 Å². The monoisotopic (exact) mass is 407 g/mol. The van der Waals surface area contributed by atoms with Gasteiger partial charge in [-0.1, -0.05) is 0 Å². The molecule has 0 aliphatic heterocycles. The van der Waals surface area contributed by atoms with E-state index in [1.54, 1.807) is 18.2 Å². The van der Waals surface area contributed by atoms with E-state index in [0.29, 0.717) is 22.9 Å². The van der Waals surface area contributed by atoms with Crippen LogP contribution in [0.25, 0.3) is 0 Å². The van der Waals surface area contributed by atoms with Gasteiger partial charge in [0.1, 0.15) is 5.75 Å². The van der Waals surface area contributed by atoms with Gasteiger partial charge in [-0.2, -0.15) is 0 Å². The maximum atomic E-state index is 12.9. The zero-order chi connectivity index (χ0) is 20.7. The summed E-state index contributed by atoms with van der Waals surface area (Å²) in [6.45, 7) is 0. The van der Waals surface area contributed by atoms with E-state index in [1.165, 1.54) is 45.6 Å². The number of hydrogen-bond acceptors (Lipinski definition) is 8. The highest BCUT2D eigenvalue weighted by molar-refractivity contribution is 7.96. The van der Waals surface area contributed by atoms with Gasteiger partial charge in [0, 0.05) is 18.0 Å². The van der Waals surface area contributed by atoms with Gasteiger partial charge < -0.3 is 24.3 Å². The summed E-state index contributed by atoms with van der Waals surface area (Å²) >= 11 is 0. The zero-order valence-corrected chi connectivity index (χ0v) is 16.7. The van der Waals surface area contributed by atoms with Crippen molar-refractivity contribution in [2.24, 2.45) is 0 Å². The minimum Gasteiger partial charge on any atom is -0.497 e. The Morgan fingerprint density at radius 3 is 2.07 bits per heavy atom. The molecule has 150 valence electrons. The van der Waals surface area contributed by atoms with E-state index in [2.05, 4.69) is 10.1 Å². The van der Waals surface area contributed by atoms with Crippen molar-refractivity contribution in [2.75, 3.05) is 33.8 Å². The third-order valence-electron chi connectivity index (χ3n) is 3.80. The summed E-state index contributed by atoms with van der Waals surface area (Å²) in [4.78, 5) is 11.5. The Morgan fingerprint density at radius 1 is 0.893 bits per heavy atom. The molecule has 0 spiro atoms. The Kier molecular flexibility index (Phi) is 6.89. The Balaban J connectivity index is 2.41. The molecule has 0 amide bonds. The van der Waals surface area contributed by atoms with Crippen LogP contribution in [-0.4, -0.2) is 42.8 Å². The Labute approximate surface area is 163 Å². The number of rotatable bonds is 8. The van der Waals surface area contributed by atoms with Gasteiger partial charge in [0.05, 0.1) is 33.3 Å². The van der Waals surface area contributed by atoms with Crippen LogP contribution in [-0.2, 0) is 19.4 Å². The van der Waals surface area contributed by atoms with E-state index in [9.17, 15) is 13.2 Å². The first kappa shape index (κ1) is 21.1. The topological polar surface area (TPSA) is 100 Å². The van der Waals surface area contributed by atoms with Crippen LogP contribution in [0.15, 0.2) is 58.5 Å². The predicted molar refractivity (Wildman–Crippen MR) is 103 cm³/mol. The maximum absolute atomic E-state index is 12.9. The highest BCUT2D eigenvalue weighted by Gasteiger charge is 2.28. The van der Waals surface area contributed by atoms with E-state index in [0.717, 1.165) is 13.3 Å². The van der Waals surface area contributed by atoms with Crippen molar-refractivity contribution in [3.63, 3.8) is 0 Å². The largest absolute Gasteiger partial charge is 0.497 e. The van der Waals surface area contributed by atoms with E-state index >= 15 is 0 Å². The molecule has 1 N–H and O–H groups in total. The number of hydrogen-bond donors (Lipinski definition) is 1. The summed E-state index contributed by atoms with van der Waals surface area (Å²) in [5.41, 5.74) is 0.490. The average Bonchev–Trinajstić information content (AvgIpc) is 2.73. The second kappa shape index (κ2) is 9.14. The van der Waals surface area contributed by atoms with E-state index in [-0.39, 0.29) is 4.90 Å². The summed E-state index contributed by atoms with van der Waals surface area (Å²) in [5, 5.41) is 2.78. The van der Waals surface area contributed by atoms with Crippen LogP contribution in [0.3, 0.4) is 0 Å². The van der Waals surface area contributed by atoms with Crippen LogP contribution in [0.2, 0.25) is 0 Å². The molecule has 0 aliphatic carbocycles. The molecule has 2 aromatic carbocycles. The number of carbonyl (C=O) groups is 1. The lowest BCUT2D eigenvalue weighted by atomic mass is 10.3. The molecule has 0 atom stereocenters. The van der Waals surface area contributed by atoms with Crippen LogP contribution in [0.4, 0.5) is 5.69 Å². The Bertz CT molecular complexity index is 966. The van der Waals surface area contributed by atoms with Crippen LogP contribution in [0.5, 0.6) is 17.2 Å². The quantitative estimate of drug-likeness (QED) is 0.527. The fourth-order valence-corrected chi connectivity index (χ4v) is 3.57. The summed E-state index contributed by atoms with van der Waals surface area (Å²) in [5.74, 6) is 0.449. The molecule has 2 rings (SSSR count). The number of ether oxygens (including phenoxy) is 4. The molecule has 0 aromatic heterocycles. The van der Waals surface area contributed by atoms with Crippen molar-refractivity contribution in [1.82, 2.24) is 0 Å². The normalized spacial score (nSPS) is 11.5. The smallest absolute Gasteiger partial charge is 0.351 e. The number of esters is 1. The summed E-state index contributed by atoms with van der Waals surface area (Å²) < 4.78 is 45.8. The predicted octanol–water partition coefficient (Wildman–Crippen LogP) is 2.61. The molecule has 0 aliphatic rings. The zero-order valence-electron chi connectivity index (χ0n) is 15.9. The van der Waals surface area contributed by atoms with Crippen molar-refractivity contribution < 1.29 is 32.2 Å². The van der Waals surface area contributed by atoms with Crippen LogP contribution >= 0.6 is 0 Å². The lowest BCUT2D eigenvalue weighted by Crippen LogP contribution is -2.17. The molecule has 0 radical (unpaired) electrons. The molecule has 9 heteroatoms. The fourth-order valence-electron chi connectivity index (χ4n) is 2.30. The number of sulfone groups is 1. The molecule has 0 fully saturated rings.